The van der Waals surface area contributed by atoms with E-state index in [-0.39, 0.29) is 5.41 Å². The summed E-state index contributed by atoms with van der Waals surface area (Å²) in [4.78, 5) is 0. The molecule has 0 amide bonds. The number of hydrogen-bond acceptors (Lipinski definition) is 0. The average Bonchev–Trinajstić information content (AvgIpc) is 2.53. The molecule has 0 aromatic carbocycles. The molecule has 1 atom stereocenters. The van der Waals surface area contributed by atoms with Crippen molar-refractivity contribution in [2.75, 3.05) is 0 Å². The molecule has 0 fully saturated rings. The summed E-state index contributed by atoms with van der Waals surface area (Å²) in [5.74, 6) is 0. The topological polar surface area (TPSA) is 0 Å². The number of allylic oxidation sites excluding steroid dienone is 10. The van der Waals surface area contributed by atoms with Crippen molar-refractivity contribution in [3.8, 4) is 0 Å². The minimum absolute atomic E-state index is 0.0158. The van der Waals surface area contributed by atoms with Gasteiger partial charge in [-0.05, 0) is 56.9 Å². The first-order chi connectivity index (χ1) is 11.6. The zero-order valence-corrected chi connectivity index (χ0v) is 17.4. The highest BCUT2D eigenvalue weighted by molar-refractivity contribution is 5.36. The Morgan fingerprint density at radius 3 is 2.56 bits per heavy atom. The monoisotopic (exact) mass is 338 g/mol. The van der Waals surface area contributed by atoms with Crippen LogP contribution >= 0.6 is 0 Å². The van der Waals surface area contributed by atoms with Gasteiger partial charge in [0.15, 0.2) is 0 Å². The Bertz CT molecular complexity index is 604. The molecule has 0 heterocycles. The van der Waals surface area contributed by atoms with E-state index in [2.05, 4.69) is 85.1 Å². The third kappa shape index (κ3) is 6.69. The zero-order valence-electron chi connectivity index (χ0n) is 17.4. The summed E-state index contributed by atoms with van der Waals surface area (Å²) in [7, 11) is 0. The van der Waals surface area contributed by atoms with Crippen LogP contribution in [0.5, 0.6) is 0 Å². The van der Waals surface area contributed by atoms with E-state index in [1.54, 1.807) is 5.57 Å². The maximum Gasteiger partial charge on any atom is 0.00701 e. The molecule has 138 valence electrons. The van der Waals surface area contributed by atoms with E-state index in [0.717, 1.165) is 12.8 Å². The molecule has 0 spiro atoms. The highest BCUT2D eigenvalue weighted by Crippen LogP contribution is 2.40. The fourth-order valence-electron chi connectivity index (χ4n) is 3.56. The Morgan fingerprint density at radius 1 is 1.32 bits per heavy atom. The second kappa shape index (κ2) is 9.22. The van der Waals surface area contributed by atoms with Crippen molar-refractivity contribution in [1.82, 2.24) is 0 Å². The minimum atomic E-state index is -0.0158. The highest BCUT2D eigenvalue weighted by Gasteiger charge is 2.26. The summed E-state index contributed by atoms with van der Waals surface area (Å²) in [6.07, 6.45) is 19.1. The fraction of sp³-hybridized carbons (Fsp3) is 0.520. The molecule has 0 N–H and O–H groups in total. The van der Waals surface area contributed by atoms with Gasteiger partial charge in [0, 0.05) is 5.41 Å². The molecule has 0 radical (unpaired) electrons. The van der Waals surface area contributed by atoms with Crippen LogP contribution in [0.2, 0.25) is 0 Å². The standard InChI is InChI=1S/C25H38/c1-9-20(3)19-25(8,10-2)18-11-13-21(4)15-16-23-22(5)14-12-17-24(23,6)7/h10-11,13,15-16,18H,2-3,9,12,14,17,19H2,1,4-8H3/b16-15+,18-11+,21-13+. The predicted octanol–water partition coefficient (Wildman–Crippen LogP) is 8.12. The van der Waals surface area contributed by atoms with Crippen molar-refractivity contribution in [3.05, 3.63) is 71.9 Å². The zero-order chi connectivity index (χ0) is 19.1. The second-order valence-corrected chi connectivity index (χ2v) is 8.52. The van der Waals surface area contributed by atoms with Crippen LogP contribution in [0.15, 0.2) is 71.9 Å². The molecule has 0 aromatic heterocycles. The lowest BCUT2D eigenvalue weighted by atomic mass is 9.72. The third-order valence-electron chi connectivity index (χ3n) is 5.49. The van der Waals surface area contributed by atoms with Crippen molar-refractivity contribution in [3.63, 3.8) is 0 Å². The Kier molecular flexibility index (Phi) is 7.93. The van der Waals surface area contributed by atoms with Gasteiger partial charge in [-0.15, -0.1) is 6.58 Å². The highest BCUT2D eigenvalue weighted by atomic mass is 14.3. The Balaban J connectivity index is 2.84. The largest absolute Gasteiger partial charge is 0.102 e. The van der Waals surface area contributed by atoms with Crippen molar-refractivity contribution in [2.24, 2.45) is 10.8 Å². The molecule has 0 nitrogen and oxygen atoms in total. The van der Waals surface area contributed by atoms with Crippen molar-refractivity contribution in [2.45, 2.75) is 73.6 Å². The van der Waals surface area contributed by atoms with Crippen LogP contribution in [0.4, 0.5) is 0 Å². The van der Waals surface area contributed by atoms with Crippen LogP contribution in [0, 0.1) is 10.8 Å². The first-order valence-corrected chi connectivity index (χ1v) is 9.68. The molecular formula is C25H38. The van der Waals surface area contributed by atoms with Crippen LogP contribution in [-0.4, -0.2) is 0 Å². The van der Waals surface area contributed by atoms with Crippen molar-refractivity contribution in [1.29, 1.82) is 0 Å². The predicted molar refractivity (Wildman–Crippen MR) is 115 cm³/mol. The van der Waals surface area contributed by atoms with Crippen LogP contribution in [0.3, 0.4) is 0 Å². The van der Waals surface area contributed by atoms with E-state index in [1.165, 1.54) is 36.0 Å². The van der Waals surface area contributed by atoms with Gasteiger partial charge in [0.25, 0.3) is 0 Å². The molecule has 0 aromatic rings. The van der Waals surface area contributed by atoms with Gasteiger partial charge < -0.3 is 0 Å². The van der Waals surface area contributed by atoms with E-state index in [4.69, 9.17) is 0 Å². The molecule has 1 unspecified atom stereocenters. The first kappa shape index (κ1) is 21.5. The molecule has 25 heavy (non-hydrogen) atoms. The van der Waals surface area contributed by atoms with Crippen LogP contribution in [-0.2, 0) is 0 Å². The average molecular weight is 339 g/mol. The molecular weight excluding hydrogens is 300 g/mol. The smallest absolute Gasteiger partial charge is 0.00701 e. The van der Waals surface area contributed by atoms with E-state index >= 15 is 0 Å². The summed E-state index contributed by atoms with van der Waals surface area (Å²) in [5.41, 5.74) is 5.90. The minimum Gasteiger partial charge on any atom is -0.102 e. The van der Waals surface area contributed by atoms with Crippen LogP contribution in [0.1, 0.15) is 73.6 Å². The maximum atomic E-state index is 4.14. The van der Waals surface area contributed by atoms with Gasteiger partial charge in [-0.2, -0.15) is 0 Å². The Hall–Kier alpha value is -1.56. The first-order valence-electron chi connectivity index (χ1n) is 9.68. The van der Waals surface area contributed by atoms with Gasteiger partial charge in [-0.3, -0.25) is 0 Å². The van der Waals surface area contributed by atoms with Gasteiger partial charge in [0.2, 0.25) is 0 Å². The van der Waals surface area contributed by atoms with Gasteiger partial charge in [-0.25, -0.2) is 0 Å². The quantitative estimate of drug-likeness (QED) is 0.309. The molecule has 0 bridgehead atoms. The molecule has 1 aliphatic carbocycles. The third-order valence-corrected chi connectivity index (χ3v) is 5.49. The molecule has 0 aliphatic heterocycles. The molecule has 0 saturated carbocycles. The lowest BCUT2D eigenvalue weighted by Gasteiger charge is -2.32. The molecule has 0 heteroatoms. The van der Waals surface area contributed by atoms with Gasteiger partial charge >= 0.3 is 0 Å². The van der Waals surface area contributed by atoms with Crippen molar-refractivity contribution < 1.29 is 0 Å². The van der Waals surface area contributed by atoms with Gasteiger partial charge in [0.05, 0.1) is 0 Å². The van der Waals surface area contributed by atoms with E-state index in [9.17, 15) is 0 Å². The van der Waals surface area contributed by atoms with Gasteiger partial charge in [-0.1, -0.05) is 87.4 Å². The lowest BCUT2D eigenvalue weighted by Crippen LogP contribution is -2.19. The SMILES string of the molecule is C=CC(C)(/C=C/C=C(C)/C=C/C1=C(C)CCCC1(C)C)CC(=C)CC. The van der Waals surface area contributed by atoms with E-state index in [1.807, 2.05) is 6.08 Å². The molecule has 1 aliphatic rings. The van der Waals surface area contributed by atoms with Crippen molar-refractivity contribution >= 4 is 0 Å². The molecule has 1 rings (SSSR count). The summed E-state index contributed by atoms with van der Waals surface area (Å²) >= 11 is 0. The summed E-state index contributed by atoms with van der Waals surface area (Å²) < 4.78 is 0. The van der Waals surface area contributed by atoms with Gasteiger partial charge in [0.1, 0.15) is 0 Å². The Morgan fingerprint density at radius 2 is 2.00 bits per heavy atom. The summed E-state index contributed by atoms with van der Waals surface area (Å²) in [6, 6.07) is 0. The van der Waals surface area contributed by atoms with E-state index < -0.39 is 0 Å². The lowest BCUT2D eigenvalue weighted by molar-refractivity contribution is 0.377. The molecule has 0 saturated heterocycles. The Labute approximate surface area is 156 Å². The number of rotatable bonds is 8. The van der Waals surface area contributed by atoms with Crippen LogP contribution < -0.4 is 0 Å². The van der Waals surface area contributed by atoms with E-state index in [0.29, 0.717) is 5.41 Å². The number of hydrogen-bond donors (Lipinski definition) is 0. The second-order valence-electron chi connectivity index (χ2n) is 8.52. The fourth-order valence-corrected chi connectivity index (χ4v) is 3.56. The summed E-state index contributed by atoms with van der Waals surface area (Å²) in [6.45, 7) is 21.7. The summed E-state index contributed by atoms with van der Waals surface area (Å²) in [5, 5.41) is 0. The van der Waals surface area contributed by atoms with Crippen LogP contribution in [0.25, 0.3) is 0 Å². The maximum absolute atomic E-state index is 4.14. The normalized spacial score (nSPS) is 21.0.